The summed E-state index contributed by atoms with van der Waals surface area (Å²) in [6, 6.07) is -0.642. The molecule has 0 aromatic heterocycles. The van der Waals surface area contributed by atoms with Gasteiger partial charge in [0.2, 0.25) is 5.24 Å². The lowest BCUT2D eigenvalue weighted by atomic mass is 10.4. The molecular weight excluding hydrogens is 142 g/mol. The van der Waals surface area contributed by atoms with Crippen LogP contribution in [-0.2, 0) is 4.79 Å². The minimum Gasteiger partial charge on any atom is -0.370 e. The number of carbonyl (C=O) groups excluding carboxylic acids is 1. The van der Waals surface area contributed by atoms with Crippen LogP contribution in [0.3, 0.4) is 0 Å². The van der Waals surface area contributed by atoms with Crippen LogP contribution in [0.25, 0.3) is 0 Å². The molecule has 4 nitrogen and oxygen atoms in total. The smallest absolute Gasteiger partial charge is 0.246 e. The summed E-state index contributed by atoms with van der Waals surface area (Å²) >= 11 is 5.02. The van der Waals surface area contributed by atoms with Crippen LogP contribution >= 0.6 is 11.6 Å². The number of hydrogen-bond donors (Lipinski definition) is 2. The second kappa shape index (κ2) is 3.29. The van der Waals surface area contributed by atoms with E-state index in [1.165, 1.54) is 6.92 Å². The molecule has 0 aliphatic carbocycles. The highest BCUT2D eigenvalue weighted by molar-refractivity contribution is 6.64. The fourth-order valence-electron chi connectivity index (χ4n) is 0.274. The fraction of sp³-hybridized carbons (Fsp3) is 0.500. The zero-order valence-corrected chi connectivity index (χ0v) is 5.72. The van der Waals surface area contributed by atoms with Crippen molar-refractivity contribution in [3.05, 3.63) is 0 Å². The molecule has 0 spiro atoms. The van der Waals surface area contributed by atoms with Crippen molar-refractivity contribution in [1.82, 2.24) is 0 Å². The first-order valence-electron chi connectivity index (χ1n) is 2.32. The number of aliphatic imine (C=N–C) groups is 1. The second-order valence-electron chi connectivity index (χ2n) is 1.53. The van der Waals surface area contributed by atoms with Gasteiger partial charge in [0.15, 0.2) is 5.96 Å². The van der Waals surface area contributed by atoms with Gasteiger partial charge in [-0.2, -0.15) is 0 Å². The van der Waals surface area contributed by atoms with Crippen molar-refractivity contribution in [3.63, 3.8) is 0 Å². The molecule has 52 valence electrons. The lowest BCUT2D eigenvalue weighted by Gasteiger charge is -1.96. The van der Waals surface area contributed by atoms with Gasteiger partial charge in [-0.25, -0.2) is 4.99 Å². The first-order valence-corrected chi connectivity index (χ1v) is 2.70. The molecular formula is C4H8ClN3O. The number of nitrogens with two attached hydrogens (primary N) is 2. The second-order valence-corrected chi connectivity index (χ2v) is 1.91. The third kappa shape index (κ3) is 3.78. The number of rotatable bonds is 2. The summed E-state index contributed by atoms with van der Waals surface area (Å²) in [4.78, 5) is 13.7. The van der Waals surface area contributed by atoms with Crippen LogP contribution in [0.5, 0.6) is 0 Å². The average molecular weight is 150 g/mol. The summed E-state index contributed by atoms with van der Waals surface area (Å²) in [6.45, 7) is 1.51. The van der Waals surface area contributed by atoms with Gasteiger partial charge in [-0.3, -0.25) is 4.79 Å². The van der Waals surface area contributed by atoms with Gasteiger partial charge in [-0.15, -0.1) is 0 Å². The Morgan fingerprint density at radius 3 is 2.22 bits per heavy atom. The minimum absolute atomic E-state index is 0.128. The van der Waals surface area contributed by atoms with Crippen molar-refractivity contribution in [2.75, 3.05) is 0 Å². The Balaban J connectivity index is 3.91. The Morgan fingerprint density at radius 2 is 2.11 bits per heavy atom. The molecule has 0 aromatic carbocycles. The zero-order chi connectivity index (χ0) is 7.44. The average Bonchev–Trinajstić information content (AvgIpc) is 1.63. The van der Waals surface area contributed by atoms with Crippen molar-refractivity contribution >= 4 is 22.8 Å². The molecule has 0 fully saturated rings. The third-order valence-electron chi connectivity index (χ3n) is 0.671. The van der Waals surface area contributed by atoms with Gasteiger partial charge in [-0.1, -0.05) is 0 Å². The first-order chi connectivity index (χ1) is 4.04. The maximum atomic E-state index is 10.2. The number of guanidine groups is 1. The Hall–Kier alpha value is -0.770. The molecule has 0 radical (unpaired) electrons. The topological polar surface area (TPSA) is 81.5 Å². The highest BCUT2D eigenvalue weighted by Crippen LogP contribution is 1.93. The highest BCUT2D eigenvalue weighted by atomic mass is 35.5. The van der Waals surface area contributed by atoms with E-state index in [0.29, 0.717) is 0 Å². The largest absolute Gasteiger partial charge is 0.370 e. The standard InChI is InChI=1S/C4H8ClN3O/c1-2(3(5)9)8-4(6)7/h2H,1H3,(H4,6,7,8). The van der Waals surface area contributed by atoms with Crippen LogP contribution in [0.4, 0.5) is 0 Å². The van der Waals surface area contributed by atoms with Gasteiger partial charge in [0.25, 0.3) is 0 Å². The molecule has 5 heteroatoms. The fourth-order valence-corrected chi connectivity index (χ4v) is 0.323. The van der Waals surface area contributed by atoms with Crippen LogP contribution in [0, 0.1) is 0 Å². The normalized spacial score (nSPS) is 12.2. The molecule has 0 rings (SSSR count). The molecule has 0 saturated carbocycles. The molecule has 1 unspecified atom stereocenters. The summed E-state index contributed by atoms with van der Waals surface area (Å²) in [5.41, 5.74) is 9.90. The van der Waals surface area contributed by atoms with Gasteiger partial charge in [0.1, 0.15) is 6.04 Å². The number of hydrogen-bond acceptors (Lipinski definition) is 2. The van der Waals surface area contributed by atoms with Crippen molar-refractivity contribution < 1.29 is 4.79 Å². The predicted octanol–water partition coefficient (Wildman–Crippen LogP) is -0.586. The predicted molar refractivity (Wildman–Crippen MR) is 36.1 cm³/mol. The third-order valence-corrected chi connectivity index (χ3v) is 0.987. The Labute approximate surface area is 57.9 Å². The number of halogens is 1. The van der Waals surface area contributed by atoms with Gasteiger partial charge in [0.05, 0.1) is 0 Å². The molecule has 9 heavy (non-hydrogen) atoms. The highest BCUT2D eigenvalue weighted by Gasteiger charge is 2.06. The van der Waals surface area contributed by atoms with Crippen molar-refractivity contribution in [3.8, 4) is 0 Å². The number of nitrogens with zero attached hydrogens (tertiary/aromatic N) is 1. The van der Waals surface area contributed by atoms with Gasteiger partial charge >= 0.3 is 0 Å². The molecule has 0 aromatic rings. The van der Waals surface area contributed by atoms with Crippen LogP contribution in [-0.4, -0.2) is 17.2 Å². The van der Waals surface area contributed by atoms with Gasteiger partial charge < -0.3 is 11.5 Å². The maximum Gasteiger partial charge on any atom is 0.246 e. The van der Waals surface area contributed by atoms with E-state index in [1.807, 2.05) is 0 Å². The van der Waals surface area contributed by atoms with Crippen LogP contribution in [0.2, 0.25) is 0 Å². The van der Waals surface area contributed by atoms with E-state index in [-0.39, 0.29) is 5.96 Å². The van der Waals surface area contributed by atoms with Crippen LogP contribution in [0.15, 0.2) is 4.99 Å². The Kier molecular flexibility index (Phi) is 3.01. The van der Waals surface area contributed by atoms with E-state index < -0.39 is 11.3 Å². The van der Waals surface area contributed by atoms with Crippen LogP contribution in [0.1, 0.15) is 6.92 Å². The Morgan fingerprint density at radius 1 is 1.67 bits per heavy atom. The van der Waals surface area contributed by atoms with E-state index in [1.54, 1.807) is 0 Å². The van der Waals surface area contributed by atoms with Crippen LogP contribution < -0.4 is 11.5 Å². The molecule has 0 amide bonds. The molecule has 1 atom stereocenters. The summed E-state index contributed by atoms with van der Waals surface area (Å²) < 4.78 is 0. The molecule has 0 aliphatic rings. The maximum absolute atomic E-state index is 10.2. The van der Waals surface area contributed by atoms with E-state index in [0.717, 1.165) is 0 Å². The summed E-state index contributed by atoms with van der Waals surface area (Å²) in [5.74, 6) is -0.128. The summed E-state index contributed by atoms with van der Waals surface area (Å²) in [5, 5.41) is -0.566. The van der Waals surface area contributed by atoms with E-state index in [4.69, 9.17) is 23.1 Å². The van der Waals surface area contributed by atoms with Crippen molar-refractivity contribution in [2.24, 2.45) is 16.5 Å². The quantitative estimate of drug-likeness (QED) is 0.313. The minimum atomic E-state index is -0.642. The van der Waals surface area contributed by atoms with Gasteiger partial charge in [-0.05, 0) is 18.5 Å². The van der Waals surface area contributed by atoms with Crippen molar-refractivity contribution in [1.29, 1.82) is 0 Å². The number of carbonyl (C=O) groups is 1. The molecule has 0 heterocycles. The molecule has 4 N–H and O–H groups in total. The molecule has 0 saturated heterocycles. The molecule has 0 bridgehead atoms. The zero-order valence-electron chi connectivity index (χ0n) is 4.97. The molecule has 0 aliphatic heterocycles. The van der Waals surface area contributed by atoms with E-state index in [2.05, 4.69) is 4.99 Å². The van der Waals surface area contributed by atoms with Gasteiger partial charge in [0, 0.05) is 0 Å². The Bertz CT molecular complexity index is 141. The van der Waals surface area contributed by atoms with E-state index in [9.17, 15) is 4.79 Å². The monoisotopic (exact) mass is 149 g/mol. The summed E-state index contributed by atoms with van der Waals surface area (Å²) in [6.07, 6.45) is 0. The lowest BCUT2D eigenvalue weighted by molar-refractivity contribution is -0.112. The lowest BCUT2D eigenvalue weighted by Crippen LogP contribution is -2.26. The van der Waals surface area contributed by atoms with E-state index >= 15 is 0 Å². The SMILES string of the molecule is CC(N=C(N)N)C(=O)Cl. The summed E-state index contributed by atoms with van der Waals surface area (Å²) in [7, 11) is 0. The first kappa shape index (κ1) is 8.23. The van der Waals surface area contributed by atoms with Crippen molar-refractivity contribution in [2.45, 2.75) is 13.0 Å².